The molecule has 1 radical (unpaired) electrons. The molecule has 0 aromatic rings. The van der Waals surface area contributed by atoms with Crippen molar-refractivity contribution in [3.8, 4) is 0 Å². The average molecular weight is 190 g/mol. The van der Waals surface area contributed by atoms with Crippen molar-refractivity contribution in [3.05, 3.63) is 10.2 Å². The molecule has 0 aromatic heterocycles. The van der Waals surface area contributed by atoms with Crippen LogP contribution in [-0.4, -0.2) is 19.8 Å². The van der Waals surface area contributed by atoms with E-state index in [0.717, 1.165) is 0 Å². The summed E-state index contributed by atoms with van der Waals surface area (Å²) in [7, 11) is 0. The summed E-state index contributed by atoms with van der Waals surface area (Å²) >= 11 is -0.894. The van der Waals surface area contributed by atoms with Gasteiger partial charge in [-0.25, -0.2) is 0 Å². The third-order valence-corrected chi connectivity index (χ3v) is 5.73. The van der Waals surface area contributed by atoms with Crippen molar-refractivity contribution in [2.45, 2.75) is 16.8 Å². The van der Waals surface area contributed by atoms with Crippen molar-refractivity contribution in [2.75, 3.05) is 0 Å². The molecule has 0 aliphatic carbocycles. The van der Waals surface area contributed by atoms with E-state index in [9.17, 15) is 0 Å². The van der Waals surface area contributed by atoms with Gasteiger partial charge < -0.3 is 0 Å². The Kier molecular flexibility index (Phi) is 2.91. The zero-order valence-corrected chi connectivity index (χ0v) is 7.56. The summed E-state index contributed by atoms with van der Waals surface area (Å²) in [5.41, 5.74) is 0. The van der Waals surface area contributed by atoms with Crippen LogP contribution in [0.4, 0.5) is 0 Å². The van der Waals surface area contributed by atoms with Crippen LogP contribution in [0.3, 0.4) is 0 Å². The number of rotatable bonds is 1. The molecule has 0 bridgehead atoms. The fourth-order valence-electron chi connectivity index (χ4n) is 0. The van der Waals surface area contributed by atoms with Gasteiger partial charge in [-0.1, -0.05) is 0 Å². The molecule has 0 rings (SSSR count). The molecule has 0 amide bonds. The molecule has 0 spiro atoms. The summed E-state index contributed by atoms with van der Waals surface area (Å²) in [6.07, 6.45) is 0. The van der Waals surface area contributed by atoms with Gasteiger partial charge in [0.25, 0.3) is 0 Å². The molecule has 0 aliphatic rings. The molecule has 0 unspecified atom stereocenters. The van der Waals surface area contributed by atoms with Gasteiger partial charge in [-0.15, -0.1) is 0 Å². The Bertz CT molecular complexity index is 55.0. The number of allylic oxidation sites excluding steroid dienone is 1. The second-order valence-electron chi connectivity index (χ2n) is 1.78. The summed E-state index contributed by atoms with van der Waals surface area (Å²) < 4.78 is 1.46. The van der Waals surface area contributed by atoms with E-state index in [1.807, 2.05) is 0 Å². The van der Waals surface area contributed by atoms with E-state index in [4.69, 9.17) is 0 Å². The summed E-state index contributed by atoms with van der Waals surface area (Å²) in [6.45, 7) is 5.98. The minimum absolute atomic E-state index is 0.894. The SMILES string of the molecule is C=[C](C)[Sn]([CH3])[CH3]. The summed E-state index contributed by atoms with van der Waals surface area (Å²) in [5.74, 6) is 0. The average Bonchev–Trinajstić information content (AvgIpc) is 1.36. The van der Waals surface area contributed by atoms with Crippen LogP contribution in [0.1, 0.15) is 6.92 Å². The maximum absolute atomic E-state index is 3.84. The molecule has 35 valence electrons. The Morgan fingerprint density at radius 3 is 1.67 bits per heavy atom. The van der Waals surface area contributed by atoms with Gasteiger partial charge >= 0.3 is 46.7 Å². The van der Waals surface area contributed by atoms with E-state index in [2.05, 4.69) is 23.4 Å². The first kappa shape index (κ1) is 6.54. The first-order valence-corrected chi connectivity index (χ1v) is 9.24. The molecular formula is C5H11Sn. The normalized spacial score (nSPS) is 9.33. The van der Waals surface area contributed by atoms with Crippen LogP contribution in [0, 0.1) is 0 Å². The zero-order chi connectivity index (χ0) is 5.15. The van der Waals surface area contributed by atoms with Gasteiger partial charge in [-0.3, -0.25) is 0 Å². The van der Waals surface area contributed by atoms with Crippen molar-refractivity contribution < 1.29 is 0 Å². The van der Waals surface area contributed by atoms with Crippen LogP contribution in [0.2, 0.25) is 9.88 Å². The molecule has 0 N–H and O–H groups in total. The van der Waals surface area contributed by atoms with E-state index in [1.54, 1.807) is 0 Å². The summed E-state index contributed by atoms with van der Waals surface area (Å²) in [6, 6.07) is 0. The van der Waals surface area contributed by atoms with Crippen LogP contribution < -0.4 is 0 Å². The van der Waals surface area contributed by atoms with Crippen molar-refractivity contribution in [3.63, 3.8) is 0 Å². The third-order valence-electron chi connectivity index (χ3n) is 0.854. The van der Waals surface area contributed by atoms with Crippen molar-refractivity contribution >= 4 is 19.8 Å². The maximum atomic E-state index is 3.84. The quantitative estimate of drug-likeness (QED) is 0.553. The Balaban J connectivity index is 3.26. The Labute approximate surface area is 47.0 Å². The van der Waals surface area contributed by atoms with Crippen molar-refractivity contribution in [2.24, 2.45) is 0 Å². The predicted molar refractivity (Wildman–Crippen MR) is 32.3 cm³/mol. The van der Waals surface area contributed by atoms with Gasteiger partial charge in [0.2, 0.25) is 0 Å². The standard InChI is InChI=1S/C3H5.2CH3.Sn/c1-3-2;;;/h1H2,2H3;2*1H3;. The second-order valence-corrected chi connectivity index (χ2v) is 9.92. The van der Waals surface area contributed by atoms with E-state index >= 15 is 0 Å². The van der Waals surface area contributed by atoms with Crippen LogP contribution in [-0.2, 0) is 0 Å². The molecule has 0 saturated carbocycles. The summed E-state index contributed by atoms with van der Waals surface area (Å²) in [5, 5.41) is 0. The van der Waals surface area contributed by atoms with E-state index in [-0.39, 0.29) is 0 Å². The molecule has 0 aromatic carbocycles. The first-order valence-electron chi connectivity index (χ1n) is 2.10. The van der Waals surface area contributed by atoms with Crippen molar-refractivity contribution in [1.82, 2.24) is 0 Å². The molecule has 0 fully saturated rings. The molecule has 0 heterocycles. The molecule has 1 heteroatoms. The Hall–Kier alpha value is 0.539. The fourth-order valence-corrected chi connectivity index (χ4v) is 0. The monoisotopic (exact) mass is 191 g/mol. The summed E-state index contributed by atoms with van der Waals surface area (Å²) in [4.78, 5) is 4.68. The van der Waals surface area contributed by atoms with E-state index < -0.39 is 19.8 Å². The van der Waals surface area contributed by atoms with Gasteiger partial charge in [-0.2, -0.15) is 0 Å². The van der Waals surface area contributed by atoms with Gasteiger partial charge in [0.05, 0.1) is 0 Å². The third kappa shape index (κ3) is 2.76. The van der Waals surface area contributed by atoms with Gasteiger partial charge in [0.15, 0.2) is 0 Å². The Morgan fingerprint density at radius 1 is 1.50 bits per heavy atom. The molecule has 6 heavy (non-hydrogen) atoms. The van der Waals surface area contributed by atoms with Crippen LogP contribution in [0.25, 0.3) is 0 Å². The van der Waals surface area contributed by atoms with Crippen molar-refractivity contribution in [1.29, 1.82) is 0 Å². The van der Waals surface area contributed by atoms with Gasteiger partial charge in [-0.05, 0) is 0 Å². The fraction of sp³-hybridized carbons (Fsp3) is 0.600. The van der Waals surface area contributed by atoms with E-state index in [1.165, 1.54) is 3.59 Å². The predicted octanol–water partition coefficient (Wildman–Crippen LogP) is 1.86. The first-order chi connectivity index (χ1) is 2.64. The molecular weight excluding hydrogens is 179 g/mol. The van der Waals surface area contributed by atoms with Crippen LogP contribution in [0.5, 0.6) is 0 Å². The molecule has 0 aliphatic heterocycles. The van der Waals surface area contributed by atoms with Crippen LogP contribution >= 0.6 is 0 Å². The number of hydrogen-bond acceptors (Lipinski definition) is 0. The van der Waals surface area contributed by atoms with E-state index in [0.29, 0.717) is 0 Å². The van der Waals surface area contributed by atoms with Gasteiger partial charge in [0, 0.05) is 0 Å². The molecule has 0 saturated heterocycles. The number of hydrogen-bond donors (Lipinski definition) is 0. The molecule has 0 nitrogen and oxygen atoms in total. The van der Waals surface area contributed by atoms with Crippen LogP contribution in [0.15, 0.2) is 10.2 Å². The minimum atomic E-state index is -0.894. The Morgan fingerprint density at radius 2 is 1.67 bits per heavy atom. The topological polar surface area (TPSA) is 0 Å². The molecule has 0 atom stereocenters. The zero-order valence-electron chi connectivity index (χ0n) is 4.71. The van der Waals surface area contributed by atoms with Gasteiger partial charge in [0.1, 0.15) is 0 Å². The second kappa shape index (κ2) is 2.67.